The number of hydrogen-bond donors (Lipinski definition) is 6. The van der Waals surface area contributed by atoms with Crippen LogP contribution in [0.2, 0.25) is 0 Å². The van der Waals surface area contributed by atoms with Crippen molar-refractivity contribution in [3.05, 3.63) is 0 Å². The van der Waals surface area contributed by atoms with E-state index in [9.17, 15) is 0 Å². The minimum absolute atomic E-state index is 0. The van der Waals surface area contributed by atoms with Crippen LogP contribution in [0.1, 0.15) is 0 Å². The van der Waals surface area contributed by atoms with Crippen LogP contribution in [0.3, 0.4) is 0 Å². The van der Waals surface area contributed by atoms with Crippen LogP contribution in [-0.4, -0.2) is 121 Å². The zero-order valence-electron chi connectivity index (χ0n) is 9.75. The van der Waals surface area contributed by atoms with Gasteiger partial charge in [0.1, 0.15) is 0 Å². The molecule has 7 nitrogen and oxygen atoms in total. The molecular weight excluding hydrogens is 272 g/mol. The van der Waals surface area contributed by atoms with E-state index >= 15 is 0 Å². The third-order valence-electron chi connectivity index (χ3n) is 2.83. The molecule has 0 aromatic heterocycles. The van der Waals surface area contributed by atoms with Gasteiger partial charge < -0.3 is 35.4 Å². The van der Waals surface area contributed by atoms with E-state index in [4.69, 9.17) is 35.4 Å². The summed E-state index contributed by atoms with van der Waals surface area (Å²) in [5, 5.41) is 54.2. The maximum atomic E-state index is 9.03. The fourth-order valence-corrected chi connectivity index (χ4v) is 1.06. The van der Waals surface area contributed by atoms with Gasteiger partial charge in [-0.1, -0.05) is 0 Å². The van der Waals surface area contributed by atoms with Crippen LogP contribution in [0, 0.1) is 10.8 Å². The number of hydrogen-bond acceptors (Lipinski definition) is 7. The molecule has 0 unspecified atom stereocenters. The fourth-order valence-electron chi connectivity index (χ4n) is 1.06. The van der Waals surface area contributed by atoms with Gasteiger partial charge in [-0.15, -0.1) is 0 Å². The van der Waals surface area contributed by atoms with E-state index in [2.05, 4.69) is 0 Å². The van der Waals surface area contributed by atoms with Gasteiger partial charge in [0, 0.05) is 0 Å². The molecule has 0 rings (SSSR count). The van der Waals surface area contributed by atoms with Gasteiger partial charge in [-0.3, -0.25) is 0 Å². The molecular formula is C10H24CaO7. The van der Waals surface area contributed by atoms with E-state index in [1.807, 2.05) is 0 Å². The van der Waals surface area contributed by atoms with Gasteiger partial charge >= 0.3 is 37.7 Å². The monoisotopic (exact) mass is 296 g/mol. The van der Waals surface area contributed by atoms with Crippen molar-refractivity contribution in [2.75, 3.05) is 52.9 Å². The van der Waals surface area contributed by atoms with Crippen LogP contribution in [0.15, 0.2) is 0 Å². The van der Waals surface area contributed by atoms with Gasteiger partial charge in [0.25, 0.3) is 0 Å². The minimum atomic E-state index is -1.16. The summed E-state index contributed by atoms with van der Waals surface area (Å²) >= 11 is 0. The summed E-state index contributed by atoms with van der Waals surface area (Å²) in [6.07, 6.45) is 0. The van der Waals surface area contributed by atoms with Crippen molar-refractivity contribution in [1.82, 2.24) is 0 Å². The second kappa shape index (κ2) is 10.7. The quantitative estimate of drug-likeness (QED) is 0.227. The van der Waals surface area contributed by atoms with Crippen LogP contribution in [0.5, 0.6) is 0 Å². The molecule has 0 saturated carbocycles. The molecule has 0 amide bonds. The Morgan fingerprint density at radius 1 is 0.556 bits per heavy atom. The summed E-state index contributed by atoms with van der Waals surface area (Å²) in [5.74, 6) is 0. The van der Waals surface area contributed by atoms with E-state index in [-0.39, 0.29) is 51.0 Å². The standard InChI is InChI=1S/C10H22O7.Ca.2H/c11-1-9(2-12,3-13)7-17-8-10(4-14,5-15)6-16;;;/h11-16H,1-8H2;;;. The molecule has 0 aromatic rings. The summed E-state index contributed by atoms with van der Waals surface area (Å²) in [5.41, 5.74) is -2.32. The van der Waals surface area contributed by atoms with Gasteiger partial charge in [0.2, 0.25) is 0 Å². The first-order chi connectivity index (χ1) is 8.07. The Morgan fingerprint density at radius 3 is 0.944 bits per heavy atom. The molecule has 0 heterocycles. The molecule has 108 valence electrons. The Bertz CT molecular complexity index is 158. The van der Waals surface area contributed by atoms with Crippen LogP contribution in [-0.2, 0) is 4.74 Å². The molecule has 0 aliphatic carbocycles. The first kappa shape index (κ1) is 21.3. The van der Waals surface area contributed by atoms with Crippen molar-refractivity contribution in [3.63, 3.8) is 0 Å². The summed E-state index contributed by atoms with van der Waals surface area (Å²) < 4.78 is 5.15. The number of ether oxygens (including phenoxy) is 1. The number of aliphatic hydroxyl groups is 6. The maximum absolute atomic E-state index is 9.03. The van der Waals surface area contributed by atoms with E-state index in [1.165, 1.54) is 0 Å². The predicted molar refractivity (Wildman–Crippen MR) is 66.7 cm³/mol. The Balaban J connectivity index is 0. The van der Waals surface area contributed by atoms with Crippen LogP contribution in [0.25, 0.3) is 0 Å². The SMILES string of the molecule is OCC(CO)(CO)COCC(CO)(CO)CO.[CaH2]. The summed E-state index contributed by atoms with van der Waals surface area (Å²) in [7, 11) is 0. The fraction of sp³-hybridized carbons (Fsp3) is 1.00. The summed E-state index contributed by atoms with van der Waals surface area (Å²) in [6, 6.07) is 0. The average molecular weight is 296 g/mol. The Morgan fingerprint density at radius 2 is 0.778 bits per heavy atom. The summed E-state index contributed by atoms with van der Waals surface area (Å²) in [6.45, 7) is -3.01. The van der Waals surface area contributed by atoms with E-state index in [1.54, 1.807) is 0 Å². The topological polar surface area (TPSA) is 131 Å². The molecule has 0 saturated heterocycles. The molecule has 0 bridgehead atoms. The molecule has 0 radical (unpaired) electrons. The van der Waals surface area contributed by atoms with Gasteiger partial charge in [0.05, 0.1) is 63.7 Å². The van der Waals surface area contributed by atoms with Crippen molar-refractivity contribution in [3.8, 4) is 0 Å². The number of aliphatic hydroxyl groups excluding tert-OH is 6. The van der Waals surface area contributed by atoms with Crippen LogP contribution >= 0.6 is 0 Å². The van der Waals surface area contributed by atoms with Crippen LogP contribution in [0.4, 0.5) is 0 Å². The Hall–Kier alpha value is 0.980. The van der Waals surface area contributed by atoms with E-state index in [0.29, 0.717) is 0 Å². The predicted octanol–water partition coefficient (Wildman–Crippen LogP) is -3.99. The molecule has 0 aromatic carbocycles. The van der Waals surface area contributed by atoms with Crippen molar-refractivity contribution < 1.29 is 35.4 Å². The normalized spacial score (nSPS) is 12.3. The Labute approximate surface area is 136 Å². The molecule has 18 heavy (non-hydrogen) atoms. The third kappa shape index (κ3) is 5.96. The molecule has 6 N–H and O–H groups in total. The second-order valence-corrected chi connectivity index (χ2v) is 4.44. The van der Waals surface area contributed by atoms with Gasteiger partial charge in [-0.2, -0.15) is 0 Å². The van der Waals surface area contributed by atoms with E-state index in [0.717, 1.165) is 0 Å². The second-order valence-electron chi connectivity index (χ2n) is 4.44. The first-order valence-electron chi connectivity index (χ1n) is 5.30. The van der Waals surface area contributed by atoms with Crippen LogP contribution < -0.4 is 0 Å². The molecule has 0 spiro atoms. The van der Waals surface area contributed by atoms with Crippen molar-refractivity contribution >= 4 is 37.7 Å². The zero-order chi connectivity index (χ0) is 13.4. The Kier molecular flexibility index (Phi) is 12.7. The van der Waals surface area contributed by atoms with Gasteiger partial charge in [-0.25, -0.2) is 0 Å². The van der Waals surface area contributed by atoms with Gasteiger partial charge in [0.15, 0.2) is 0 Å². The van der Waals surface area contributed by atoms with E-state index < -0.39 is 50.5 Å². The van der Waals surface area contributed by atoms with Crippen molar-refractivity contribution in [2.24, 2.45) is 10.8 Å². The van der Waals surface area contributed by atoms with Crippen molar-refractivity contribution in [2.45, 2.75) is 0 Å². The zero-order valence-corrected chi connectivity index (χ0v) is 9.75. The summed E-state index contributed by atoms with van der Waals surface area (Å²) in [4.78, 5) is 0. The van der Waals surface area contributed by atoms with Crippen molar-refractivity contribution in [1.29, 1.82) is 0 Å². The third-order valence-corrected chi connectivity index (χ3v) is 2.83. The van der Waals surface area contributed by atoms with Gasteiger partial charge in [-0.05, 0) is 0 Å². The number of rotatable bonds is 10. The first-order valence-corrected chi connectivity index (χ1v) is 5.30. The average Bonchev–Trinajstić information content (AvgIpc) is 2.41. The molecule has 0 aliphatic rings. The molecule has 0 atom stereocenters. The molecule has 8 heteroatoms. The molecule has 0 aliphatic heterocycles. The molecule has 0 fully saturated rings.